The van der Waals surface area contributed by atoms with Crippen LogP contribution in [-0.2, 0) is 14.8 Å². The first-order valence-corrected chi connectivity index (χ1v) is 9.12. The second-order valence-electron chi connectivity index (χ2n) is 5.77. The number of hydrogen-bond acceptors (Lipinski definition) is 4. The number of hydrogen-bond donors (Lipinski definition) is 0. The van der Waals surface area contributed by atoms with E-state index < -0.39 is 10.0 Å². The maximum atomic E-state index is 12.8. The van der Waals surface area contributed by atoms with Crippen molar-refractivity contribution in [3.05, 3.63) is 30.1 Å². The zero-order chi connectivity index (χ0) is 16.4. The van der Waals surface area contributed by atoms with E-state index in [1.165, 1.54) is 28.6 Å². The van der Waals surface area contributed by atoms with Crippen molar-refractivity contribution in [3.8, 4) is 5.75 Å². The molecule has 0 unspecified atom stereocenters. The van der Waals surface area contributed by atoms with E-state index >= 15 is 0 Å². The number of ether oxygens (including phenoxy) is 1. The molecule has 0 N–H and O–H groups in total. The number of benzene rings is 1. The smallest absolute Gasteiger partial charge is 0.260 e. The van der Waals surface area contributed by atoms with Crippen molar-refractivity contribution in [2.45, 2.75) is 18.1 Å². The first-order chi connectivity index (χ1) is 11.0. The Bertz CT molecular complexity index is 665. The number of carbonyl (C=O) groups is 1. The van der Waals surface area contributed by atoms with Crippen molar-refractivity contribution < 1.29 is 22.3 Å². The van der Waals surface area contributed by atoms with Gasteiger partial charge >= 0.3 is 0 Å². The SMILES string of the molecule is O=C(COc1ccc(F)cc1)N1CCN(S(=O)(=O)C2CC2)CC1. The molecule has 1 aromatic carbocycles. The first kappa shape index (κ1) is 16.2. The Morgan fingerprint density at radius 1 is 1.13 bits per heavy atom. The van der Waals surface area contributed by atoms with Crippen LogP contribution in [0.5, 0.6) is 5.75 Å². The predicted molar refractivity (Wildman–Crippen MR) is 82.0 cm³/mol. The summed E-state index contributed by atoms with van der Waals surface area (Å²) in [4.78, 5) is 13.7. The maximum Gasteiger partial charge on any atom is 0.260 e. The van der Waals surface area contributed by atoms with Gasteiger partial charge in [-0.05, 0) is 37.1 Å². The van der Waals surface area contributed by atoms with Crippen LogP contribution in [0.3, 0.4) is 0 Å². The van der Waals surface area contributed by atoms with Crippen LogP contribution in [0, 0.1) is 5.82 Å². The third kappa shape index (κ3) is 3.81. The van der Waals surface area contributed by atoms with E-state index in [9.17, 15) is 17.6 Å². The summed E-state index contributed by atoms with van der Waals surface area (Å²) >= 11 is 0. The number of amides is 1. The lowest BCUT2D eigenvalue weighted by Gasteiger charge is -2.34. The molecular formula is C15H19FN2O4S. The lowest BCUT2D eigenvalue weighted by atomic mass is 10.3. The van der Waals surface area contributed by atoms with Crippen LogP contribution in [0.2, 0.25) is 0 Å². The van der Waals surface area contributed by atoms with Crippen molar-refractivity contribution in [1.82, 2.24) is 9.21 Å². The molecule has 2 fully saturated rings. The highest BCUT2D eigenvalue weighted by Crippen LogP contribution is 2.31. The predicted octanol–water partition coefficient (Wildman–Crippen LogP) is 0.841. The molecule has 0 aromatic heterocycles. The zero-order valence-electron chi connectivity index (χ0n) is 12.7. The lowest BCUT2D eigenvalue weighted by Crippen LogP contribution is -2.52. The fourth-order valence-corrected chi connectivity index (χ4v) is 4.36. The van der Waals surface area contributed by atoms with E-state index in [4.69, 9.17) is 4.74 Å². The summed E-state index contributed by atoms with van der Waals surface area (Å²) in [5, 5.41) is -0.216. The second-order valence-corrected chi connectivity index (χ2v) is 7.98. The minimum atomic E-state index is -3.17. The largest absolute Gasteiger partial charge is 0.484 e. The van der Waals surface area contributed by atoms with Crippen LogP contribution < -0.4 is 4.74 Å². The van der Waals surface area contributed by atoms with Gasteiger partial charge in [0.1, 0.15) is 11.6 Å². The van der Waals surface area contributed by atoms with Gasteiger partial charge in [-0.25, -0.2) is 12.8 Å². The van der Waals surface area contributed by atoms with Gasteiger partial charge in [0, 0.05) is 26.2 Å². The number of rotatable bonds is 5. The standard InChI is InChI=1S/C15H19FN2O4S/c16-12-1-3-13(4-2-12)22-11-15(19)17-7-9-18(10-8-17)23(20,21)14-5-6-14/h1-4,14H,5-11H2. The molecule has 0 atom stereocenters. The number of piperazine rings is 1. The Balaban J connectivity index is 1.47. The molecule has 3 rings (SSSR count). The second kappa shape index (κ2) is 6.45. The van der Waals surface area contributed by atoms with Crippen LogP contribution in [0.15, 0.2) is 24.3 Å². The maximum absolute atomic E-state index is 12.8. The van der Waals surface area contributed by atoms with Gasteiger partial charge in [-0.1, -0.05) is 0 Å². The van der Waals surface area contributed by atoms with Crippen molar-refractivity contribution in [3.63, 3.8) is 0 Å². The van der Waals surface area contributed by atoms with Crippen LogP contribution in [0.1, 0.15) is 12.8 Å². The Morgan fingerprint density at radius 2 is 1.74 bits per heavy atom. The van der Waals surface area contributed by atoms with Gasteiger partial charge in [0.25, 0.3) is 5.91 Å². The van der Waals surface area contributed by atoms with Crippen LogP contribution in [-0.4, -0.2) is 61.6 Å². The molecular weight excluding hydrogens is 323 g/mol. The molecule has 1 aliphatic carbocycles. The molecule has 8 heteroatoms. The van der Waals surface area contributed by atoms with Crippen LogP contribution in [0.25, 0.3) is 0 Å². The number of carbonyl (C=O) groups excluding carboxylic acids is 1. The molecule has 1 saturated heterocycles. The Hall–Kier alpha value is -1.67. The van der Waals surface area contributed by atoms with Gasteiger partial charge < -0.3 is 9.64 Å². The summed E-state index contributed by atoms with van der Waals surface area (Å²) in [6.45, 7) is 1.28. The Kier molecular flexibility index (Phi) is 4.54. The fourth-order valence-electron chi connectivity index (χ4n) is 2.54. The van der Waals surface area contributed by atoms with E-state index in [-0.39, 0.29) is 23.6 Å². The highest BCUT2D eigenvalue weighted by atomic mass is 32.2. The van der Waals surface area contributed by atoms with E-state index in [1.807, 2.05) is 0 Å². The molecule has 0 bridgehead atoms. The monoisotopic (exact) mass is 342 g/mol. The number of nitrogens with zero attached hydrogens (tertiary/aromatic N) is 2. The minimum Gasteiger partial charge on any atom is -0.484 e. The van der Waals surface area contributed by atoms with Gasteiger partial charge in [0.2, 0.25) is 10.0 Å². The molecule has 1 heterocycles. The van der Waals surface area contributed by atoms with E-state index in [2.05, 4.69) is 0 Å². The normalized spacial score (nSPS) is 19.6. The molecule has 1 saturated carbocycles. The molecule has 0 radical (unpaired) electrons. The lowest BCUT2D eigenvalue weighted by molar-refractivity contribution is -0.134. The molecule has 6 nitrogen and oxygen atoms in total. The van der Waals surface area contributed by atoms with Crippen molar-refractivity contribution >= 4 is 15.9 Å². The van der Waals surface area contributed by atoms with Crippen molar-refractivity contribution in [1.29, 1.82) is 0 Å². The number of sulfonamides is 1. The summed E-state index contributed by atoms with van der Waals surface area (Å²) in [7, 11) is -3.17. The molecule has 126 valence electrons. The average molecular weight is 342 g/mol. The molecule has 1 aromatic rings. The van der Waals surface area contributed by atoms with E-state index in [1.54, 1.807) is 4.90 Å². The van der Waals surface area contributed by atoms with Crippen molar-refractivity contribution in [2.75, 3.05) is 32.8 Å². The highest BCUT2D eigenvalue weighted by molar-refractivity contribution is 7.90. The van der Waals surface area contributed by atoms with Crippen LogP contribution in [0.4, 0.5) is 4.39 Å². The molecule has 23 heavy (non-hydrogen) atoms. The third-order valence-electron chi connectivity index (χ3n) is 4.07. The molecule has 2 aliphatic rings. The van der Waals surface area contributed by atoms with E-state index in [0.717, 1.165) is 12.8 Å². The average Bonchev–Trinajstić information content (AvgIpc) is 3.39. The third-order valence-corrected chi connectivity index (χ3v) is 6.47. The van der Waals surface area contributed by atoms with Crippen LogP contribution >= 0.6 is 0 Å². The topological polar surface area (TPSA) is 66.9 Å². The zero-order valence-corrected chi connectivity index (χ0v) is 13.5. The summed E-state index contributed by atoms with van der Waals surface area (Å²) in [5.41, 5.74) is 0. The summed E-state index contributed by atoms with van der Waals surface area (Å²) in [5.74, 6) is -0.135. The van der Waals surface area contributed by atoms with Gasteiger partial charge in [-0.3, -0.25) is 4.79 Å². The Labute approximate surface area is 134 Å². The summed E-state index contributed by atoms with van der Waals surface area (Å²) in [6.07, 6.45) is 1.49. The molecule has 1 amide bonds. The first-order valence-electron chi connectivity index (χ1n) is 7.62. The van der Waals surface area contributed by atoms with Gasteiger partial charge in [-0.2, -0.15) is 4.31 Å². The van der Waals surface area contributed by atoms with Crippen molar-refractivity contribution in [2.24, 2.45) is 0 Å². The highest BCUT2D eigenvalue weighted by Gasteiger charge is 2.41. The van der Waals surface area contributed by atoms with E-state index in [0.29, 0.717) is 31.9 Å². The quantitative estimate of drug-likeness (QED) is 0.795. The Morgan fingerprint density at radius 3 is 2.30 bits per heavy atom. The van der Waals surface area contributed by atoms with Gasteiger partial charge in [0.05, 0.1) is 5.25 Å². The number of halogens is 1. The van der Waals surface area contributed by atoms with Gasteiger partial charge in [0.15, 0.2) is 6.61 Å². The summed E-state index contributed by atoms with van der Waals surface area (Å²) in [6, 6.07) is 5.45. The molecule has 1 aliphatic heterocycles. The summed E-state index contributed by atoms with van der Waals surface area (Å²) < 4.78 is 43.9. The van der Waals surface area contributed by atoms with Gasteiger partial charge in [-0.15, -0.1) is 0 Å². The minimum absolute atomic E-state index is 0.138. The molecule has 0 spiro atoms. The fraction of sp³-hybridized carbons (Fsp3) is 0.533.